The Labute approximate surface area is 340 Å². The van der Waals surface area contributed by atoms with Gasteiger partial charge in [0.25, 0.3) is 0 Å². The molecule has 60 heavy (non-hydrogen) atoms. The van der Waals surface area contributed by atoms with E-state index in [1.54, 1.807) is 63.2 Å². The van der Waals surface area contributed by atoms with E-state index < -0.39 is 90.3 Å². The molecular weight excluding hydrogens is 800 g/mol. The van der Waals surface area contributed by atoms with Crippen LogP contribution in [-0.4, -0.2) is 121 Å². The second-order valence-corrected chi connectivity index (χ2v) is 14.6. The number of aliphatic hydroxyl groups excluding tert-OH is 2. The van der Waals surface area contributed by atoms with Crippen molar-refractivity contribution in [1.29, 1.82) is 0 Å². The summed E-state index contributed by atoms with van der Waals surface area (Å²) in [5.41, 5.74) is -1.06. The highest BCUT2D eigenvalue weighted by Crippen LogP contribution is 2.38. The number of benzene rings is 2. The highest BCUT2D eigenvalue weighted by Gasteiger charge is 2.44. The number of hydrogen-bond donors (Lipinski definition) is 4. The average molecular weight is 845 g/mol. The van der Waals surface area contributed by atoms with Gasteiger partial charge in [-0.1, -0.05) is 36.4 Å². The second kappa shape index (κ2) is 18.9. The Kier molecular flexibility index (Phi) is 14.2. The molecule has 4 N–H and O–H groups in total. The van der Waals surface area contributed by atoms with Gasteiger partial charge in [0.1, 0.15) is 29.9 Å². The van der Waals surface area contributed by atoms with Crippen molar-refractivity contribution in [2.75, 3.05) is 33.4 Å². The number of esters is 1. The van der Waals surface area contributed by atoms with Crippen LogP contribution in [0.3, 0.4) is 0 Å². The van der Waals surface area contributed by atoms with Gasteiger partial charge in [0.15, 0.2) is 11.4 Å². The molecular formula is C40H44F4N6O10. The number of aliphatic carboxylic acids is 1. The number of nitrogens with zero attached hydrogens (tertiary/aromatic N) is 5. The van der Waals surface area contributed by atoms with Crippen molar-refractivity contribution in [2.45, 2.75) is 75.4 Å². The third-order valence-corrected chi connectivity index (χ3v) is 8.88. The first kappa shape index (κ1) is 45.1. The minimum Gasteiger partial charge on any atom is -0.480 e. The minimum atomic E-state index is -3.62. The number of nitrogens with one attached hydrogen (secondary N) is 1. The predicted octanol–water partition coefficient (Wildman–Crippen LogP) is 4.66. The Balaban J connectivity index is 0.000000232. The normalized spacial score (nSPS) is 19.7. The van der Waals surface area contributed by atoms with Gasteiger partial charge >= 0.3 is 29.9 Å². The van der Waals surface area contributed by atoms with Crippen molar-refractivity contribution in [1.82, 2.24) is 30.2 Å². The van der Waals surface area contributed by atoms with Crippen LogP contribution in [0.15, 0.2) is 72.8 Å². The molecule has 0 radical (unpaired) electrons. The smallest absolute Gasteiger partial charge is 0.411 e. The second-order valence-electron chi connectivity index (χ2n) is 14.6. The van der Waals surface area contributed by atoms with E-state index in [0.717, 1.165) is 17.1 Å². The summed E-state index contributed by atoms with van der Waals surface area (Å²) in [6, 6.07) is 11.2. The van der Waals surface area contributed by atoms with E-state index in [1.807, 2.05) is 0 Å². The Morgan fingerprint density at radius 3 is 1.68 bits per heavy atom. The lowest BCUT2D eigenvalue weighted by molar-refractivity contribution is -0.143. The number of likely N-dealkylation sites (tertiary alicyclic amines) is 1. The van der Waals surface area contributed by atoms with E-state index in [1.165, 1.54) is 13.2 Å². The first-order valence-electron chi connectivity index (χ1n) is 18.6. The summed E-state index contributed by atoms with van der Waals surface area (Å²) in [6.07, 6.45) is 0.641. The number of halogens is 4. The van der Waals surface area contributed by atoms with Crippen molar-refractivity contribution >= 4 is 40.1 Å². The van der Waals surface area contributed by atoms with Gasteiger partial charge in [-0.25, -0.2) is 29.5 Å². The van der Waals surface area contributed by atoms with Crippen LogP contribution in [0, 0.1) is 0 Å². The standard InChI is InChI=1S/C22H25F2N3O6.C18H19F2N3O4/c1-21(2,3)33-20(31)27-12-13(11-16(27)19(29)30)32-18-17(22(23,24)9-6-10-28)25-14-7-4-5-8-15(14)26-18;1-26-17(25)14-9-11(10-21-14)27-16-15(18(19,20)7-4-8-24)22-12-5-2-3-6-13(12)23-16/h4-9,13,16,28H,10-12H2,1-3H3,(H,29,30);2-7,11,14,21,24H,8-10H2,1H3/b9-6+;7-4+/t13-,16+;11-,14+/m11/s1. The number of hydrogen-bond acceptors (Lipinski definition) is 14. The molecule has 4 aromatic rings. The maximum Gasteiger partial charge on any atom is 0.411 e. The summed E-state index contributed by atoms with van der Waals surface area (Å²) < 4.78 is 80.2. The third kappa shape index (κ3) is 11.2. The number of aliphatic hydroxyl groups is 2. The van der Waals surface area contributed by atoms with Crippen LogP contribution < -0.4 is 14.8 Å². The number of methoxy groups -OCH3 is 1. The Morgan fingerprint density at radius 1 is 0.783 bits per heavy atom. The Hall–Kier alpha value is -5.99. The van der Waals surface area contributed by atoms with Crippen LogP contribution in [0.2, 0.25) is 0 Å². The van der Waals surface area contributed by atoms with Crippen LogP contribution in [-0.2, 0) is 30.9 Å². The van der Waals surface area contributed by atoms with Crippen LogP contribution in [0.4, 0.5) is 22.4 Å². The molecule has 4 atom stereocenters. The number of carboxylic acids is 1. The number of rotatable bonds is 12. The molecule has 6 rings (SSSR count). The number of ether oxygens (including phenoxy) is 4. The zero-order valence-corrected chi connectivity index (χ0v) is 32.9. The van der Waals surface area contributed by atoms with Crippen LogP contribution >= 0.6 is 0 Å². The van der Waals surface area contributed by atoms with Gasteiger partial charge in [0.05, 0.1) is 48.9 Å². The maximum absolute atomic E-state index is 14.8. The fourth-order valence-corrected chi connectivity index (χ4v) is 6.20. The first-order valence-corrected chi connectivity index (χ1v) is 18.6. The molecule has 20 heteroatoms. The summed E-state index contributed by atoms with van der Waals surface area (Å²) in [6.45, 7) is 3.89. The van der Waals surface area contributed by atoms with Gasteiger partial charge < -0.3 is 39.6 Å². The molecule has 0 unspecified atom stereocenters. The fourth-order valence-electron chi connectivity index (χ4n) is 6.20. The van der Waals surface area contributed by atoms with Gasteiger partial charge in [-0.05, 0) is 57.2 Å². The third-order valence-electron chi connectivity index (χ3n) is 8.88. The predicted molar refractivity (Wildman–Crippen MR) is 206 cm³/mol. The number of carboxylic acid groups (broad SMARTS) is 1. The summed E-state index contributed by atoms with van der Waals surface area (Å²) >= 11 is 0. The number of carbonyl (C=O) groups is 3. The number of allylic oxidation sites excluding steroid dienone is 2. The molecule has 2 fully saturated rings. The lowest BCUT2D eigenvalue weighted by Crippen LogP contribution is -2.43. The molecule has 0 spiro atoms. The average Bonchev–Trinajstić information content (AvgIpc) is 3.86. The van der Waals surface area contributed by atoms with E-state index in [-0.39, 0.29) is 37.3 Å². The number of para-hydroxylation sites is 4. The number of alkyl halides is 4. The highest BCUT2D eigenvalue weighted by molar-refractivity contribution is 5.81. The number of amides is 1. The van der Waals surface area contributed by atoms with Crippen molar-refractivity contribution in [3.63, 3.8) is 0 Å². The maximum atomic E-state index is 14.8. The molecule has 16 nitrogen and oxygen atoms in total. The zero-order chi connectivity index (χ0) is 43.8. The number of carbonyl (C=O) groups excluding carboxylic acids is 2. The highest BCUT2D eigenvalue weighted by atomic mass is 19.3. The van der Waals surface area contributed by atoms with Crippen molar-refractivity contribution in [2.24, 2.45) is 0 Å². The SMILES string of the molecule is CC(C)(C)OC(=O)N1C[C@H](Oc2nc3ccccc3nc2C(F)(F)/C=C/CO)C[C@H]1C(=O)O.COC(=O)[C@@H]1C[C@@H](Oc2nc3ccccc3nc2C(F)(F)/C=C/CO)CN1. The number of fused-ring (bicyclic) bond motifs is 2. The van der Waals surface area contributed by atoms with Crippen molar-refractivity contribution in [3.05, 3.63) is 84.2 Å². The molecule has 2 aromatic carbocycles. The fraction of sp³-hybridized carbons (Fsp3) is 0.425. The summed E-state index contributed by atoms with van der Waals surface area (Å²) in [5, 5.41) is 30.2. The largest absolute Gasteiger partial charge is 0.480 e. The molecule has 0 bridgehead atoms. The monoisotopic (exact) mass is 844 g/mol. The lowest BCUT2D eigenvalue weighted by Gasteiger charge is -2.26. The van der Waals surface area contributed by atoms with Crippen LogP contribution in [0.1, 0.15) is 45.0 Å². The van der Waals surface area contributed by atoms with E-state index in [0.29, 0.717) is 28.7 Å². The minimum absolute atomic E-state index is 0.152. The Morgan fingerprint density at radius 2 is 1.25 bits per heavy atom. The molecule has 4 heterocycles. The quantitative estimate of drug-likeness (QED) is 0.0867. The van der Waals surface area contributed by atoms with Gasteiger partial charge in [-0.15, -0.1) is 0 Å². The van der Waals surface area contributed by atoms with Gasteiger partial charge in [-0.2, -0.15) is 17.6 Å². The summed E-state index contributed by atoms with van der Waals surface area (Å²) in [7, 11) is 1.28. The zero-order valence-electron chi connectivity index (χ0n) is 32.9. The van der Waals surface area contributed by atoms with Crippen molar-refractivity contribution in [3.8, 4) is 11.8 Å². The van der Waals surface area contributed by atoms with Crippen LogP contribution in [0.25, 0.3) is 22.1 Å². The molecule has 0 aliphatic carbocycles. The molecule has 0 saturated carbocycles. The molecule has 2 aliphatic rings. The summed E-state index contributed by atoms with van der Waals surface area (Å²) in [4.78, 5) is 53.2. The van der Waals surface area contributed by atoms with Crippen molar-refractivity contribution < 1.29 is 66.2 Å². The molecule has 2 aliphatic heterocycles. The molecule has 1 amide bonds. The van der Waals surface area contributed by atoms with Crippen LogP contribution in [0.5, 0.6) is 11.8 Å². The van der Waals surface area contributed by atoms with E-state index >= 15 is 0 Å². The Bertz CT molecular complexity index is 2240. The van der Waals surface area contributed by atoms with Gasteiger partial charge in [0.2, 0.25) is 11.8 Å². The summed E-state index contributed by atoms with van der Waals surface area (Å²) in [5.74, 6) is -9.61. The van der Waals surface area contributed by atoms with Gasteiger partial charge in [-0.3, -0.25) is 9.69 Å². The molecule has 2 saturated heterocycles. The van der Waals surface area contributed by atoms with E-state index in [2.05, 4.69) is 30.0 Å². The first-order chi connectivity index (χ1) is 28.3. The van der Waals surface area contributed by atoms with E-state index in [9.17, 15) is 37.1 Å². The van der Waals surface area contributed by atoms with E-state index in [4.69, 9.17) is 24.4 Å². The number of aromatic nitrogens is 4. The lowest BCUT2D eigenvalue weighted by atomic mass is 10.2. The topological polar surface area (TPSA) is 216 Å². The van der Waals surface area contributed by atoms with Gasteiger partial charge in [0, 0.05) is 19.4 Å². The molecule has 2 aromatic heterocycles. The molecule has 322 valence electrons.